The van der Waals surface area contributed by atoms with Gasteiger partial charge in [-0.05, 0) is 105 Å². The Bertz CT molecular complexity index is 4190. The van der Waals surface area contributed by atoms with Crippen molar-refractivity contribution >= 4 is 113 Å². The van der Waals surface area contributed by atoms with E-state index in [4.69, 9.17) is 9.97 Å². The molecule has 5 heteroatoms. The van der Waals surface area contributed by atoms with Crippen LogP contribution in [-0.2, 0) is 6.42 Å². The molecule has 304 valence electrons. The van der Waals surface area contributed by atoms with E-state index in [0.717, 1.165) is 28.0 Å². The Morgan fingerprint density at radius 1 is 0.538 bits per heavy atom. The van der Waals surface area contributed by atoms with Crippen LogP contribution < -0.4 is 0 Å². The number of rotatable bonds is 5. The molecular weight excluding hydrogens is 827 g/mol. The summed E-state index contributed by atoms with van der Waals surface area (Å²) in [6.07, 6.45) is 6.82. The topological polar surface area (TPSA) is 30.7 Å². The second-order valence-electron chi connectivity index (χ2n) is 18.0. The van der Waals surface area contributed by atoms with Gasteiger partial charge >= 0.3 is 0 Å². The van der Waals surface area contributed by atoms with Gasteiger partial charge in [0.15, 0.2) is 0 Å². The number of nitrogens with zero attached hydrogens (tertiary/aromatic N) is 3. The minimum Gasteiger partial charge on any atom is -0.308 e. The third-order valence-corrected chi connectivity index (χ3v) is 16.6. The number of allylic oxidation sites excluding steroid dienone is 1. The van der Waals surface area contributed by atoms with Crippen molar-refractivity contribution in [1.29, 1.82) is 0 Å². The summed E-state index contributed by atoms with van der Waals surface area (Å²) in [6.45, 7) is 0. The maximum absolute atomic E-state index is 5.42. The average molecular weight is 864 g/mol. The van der Waals surface area contributed by atoms with Gasteiger partial charge in [0.25, 0.3) is 0 Å². The molecule has 4 aromatic heterocycles. The number of aromatic nitrogens is 3. The summed E-state index contributed by atoms with van der Waals surface area (Å²) < 4.78 is 7.93. The fourth-order valence-electron chi connectivity index (χ4n) is 11.2. The predicted octanol–water partition coefficient (Wildman–Crippen LogP) is 16.7. The largest absolute Gasteiger partial charge is 0.308 e. The van der Waals surface area contributed by atoms with E-state index >= 15 is 0 Å². The van der Waals surface area contributed by atoms with Crippen LogP contribution in [0.3, 0.4) is 0 Å². The minimum atomic E-state index is 0.614. The van der Waals surface area contributed by atoms with Gasteiger partial charge in [0, 0.05) is 69.5 Å². The van der Waals surface area contributed by atoms with Crippen LogP contribution in [0.15, 0.2) is 182 Å². The maximum atomic E-state index is 5.42. The van der Waals surface area contributed by atoms with E-state index in [9.17, 15) is 0 Å². The van der Waals surface area contributed by atoms with Gasteiger partial charge < -0.3 is 4.57 Å². The molecule has 2 atom stereocenters. The van der Waals surface area contributed by atoms with Crippen LogP contribution in [0.5, 0.6) is 0 Å². The lowest BCUT2D eigenvalue weighted by Crippen LogP contribution is -2.01. The molecule has 65 heavy (non-hydrogen) atoms. The minimum absolute atomic E-state index is 0.614. The average Bonchev–Trinajstić information content (AvgIpc) is 3.76. The highest BCUT2D eigenvalue weighted by molar-refractivity contribution is 7.27. The molecule has 15 rings (SSSR count). The summed E-state index contributed by atoms with van der Waals surface area (Å²) >= 11 is 3.84. The first kappa shape index (κ1) is 36.0. The van der Waals surface area contributed by atoms with Gasteiger partial charge in [0.05, 0.1) is 26.9 Å². The molecule has 1 saturated carbocycles. The van der Waals surface area contributed by atoms with Gasteiger partial charge in [0.1, 0.15) is 5.82 Å². The number of benzene rings is 9. The Morgan fingerprint density at radius 2 is 1.26 bits per heavy atom. The van der Waals surface area contributed by atoms with Gasteiger partial charge in [0.2, 0.25) is 0 Å². The zero-order valence-electron chi connectivity index (χ0n) is 35.1. The molecule has 2 aliphatic carbocycles. The van der Waals surface area contributed by atoms with Crippen molar-refractivity contribution in [2.45, 2.75) is 18.8 Å². The zero-order chi connectivity index (χ0) is 42.3. The van der Waals surface area contributed by atoms with Crippen LogP contribution in [0.4, 0.5) is 0 Å². The fraction of sp³-hybridized carbons (Fsp3) is 0.0667. The first-order valence-electron chi connectivity index (χ1n) is 22.6. The van der Waals surface area contributed by atoms with Crippen LogP contribution >= 0.6 is 22.7 Å². The Hall–Kier alpha value is -7.44. The van der Waals surface area contributed by atoms with E-state index in [1.54, 1.807) is 5.56 Å². The van der Waals surface area contributed by atoms with Crippen LogP contribution in [0.1, 0.15) is 34.9 Å². The Morgan fingerprint density at radius 3 is 2.15 bits per heavy atom. The van der Waals surface area contributed by atoms with Gasteiger partial charge in [-0.3, -0.25) is 0 Å². The second kappa shape index (κ2) is 13.5. The van der Waals surface area contributed by atoms with Crippen LogP contribution in [-0.4, -0.2) is 14.5 Å². The molecule has 2 aliphatic rings. The number of para-hydroxylation sites is 1. The smallest absolute Gasteiger partial charge is 0.134 e. The molecule has 0 spiro atoms. The summed E-state index contributed by atoms with van der Waals surface area (Å²) in [6, 6.07) is 64.6. The molecule has 9 aromatic carbocycles. The third kappa shape index (κ3) is 5.34. The highest BCUT2D eigenvalue weighted by Crippen LogP contribution is 2.59. The molecule has 0 N–H and O–H groups in total. The summed E-state index contributed by atoms with van der Waals surface area (Å²) in [5.41, 5.74) is 13.4. The first-order chi connectivity index (χ1) is 32.2. The quantitative estimate of drug-likeness (QED) is 0.161. The van der Waals surface area contributed by atoms with E-state index in [1.807, 2.05) is 22.7 Å². The Kier molecular flexibility index (Phi) is 7.49. The van der Waals surface area contributed by atoms with Crippen molar-refractivity contribution in [2.75, 3.05) is 0 Å². The molecule has 0 amide bonds. The SMILES string of the molecule is C1=CC2CC2c2c1c1c3ccccc3n(-c3ccc4sc5ccc(Cc6nc(-c7ccc(-c8ccccc8)cc7)c7c(ccc8ccccc87)n6)cc5c4c3)c1c1sc3ccccc3c21. The van der Waals surface area contributed by atoms with Gasteiger partial charge in [-0.15, -0.1) is 22.7 Å². The fourth-order valence-corrected chi connectivity index (χ4v) is 13.5. The Labute approximate surface area is 382 Å². The summed E-state index contributed by atoms with van der Waals surface area (Å²) in [5, 5.41) is 11.6. The molecule has 3 nitrogen and oxygen atoms in total. The third-order valence-electron chi connectivity index (χ3n) is 14.3. The Balaban J connectivity index is 0.892. The molecule has 0 bridgehead atoms. The molecule has 4 heterocycles. The highest BCUT2D eigenvalue weighted by atomic mass is 32.1. The molecule has 0 saturated heterocycles. The van der Waals surface area contributed by atoms with Crippen molar-refractivity contribution < 1.29 is 0 Å². The lowest BCUT2D eigenvalue weighted by atomic mass is 9.89. The summed E-state index contributed by atoms with van der Waals surface area (Å²) in [7, 11) is 0. The van der Waals surface area contributed by atoms with Crippen molar-refractivity contribution in [3.8, 4) is 28.1 Å². The van der Waals surface area contributed by atoms with Gasteiger partial charge in [-0.1, -0.05) is 140 Å². The van der Waals surface area contributed by atoms with Crippen molar-refractivity contribution in [2.24, 2.45) is 5.92 Å². The van der Waals surface area contributed by atoms with E-state index < -0.39 is 0 Å². The monoisotopic (exact) mass is 863 g/mol. The standard InChI is InChI=1S/C60H37N3S2/c1-2-10-35(11-3-1)36-19-21-38(22-20-36)58-56-41-13-5-4-12-37(41)24-27-48(56)61-53(62-58)31-34-18-28-51-46(30-34)47-33-40(25-29-52(47)64-51)63-49-16-8-6-14-42(49)55-44-26-23-39-32-45(39)54(44)57-43-15-7-9-17-50(43)65-60(57)59(55)63/h1-30,33,39,45H,31-32H2. The lowest BCUT2D eigenvalue weighted by molar-refractivity contribution is 0.999. The molecule has 1 fully saturated rings. The van der Waals surface area contributed by atoms with Gasteiger partial charge in [-0.2, -0.15) is 0 Å². The molecule has 2 unspecified atom stereocenters. The van der Waals surface area contributed by atoms with Crippen molar-refractivity contribution in [1.82, 2.24) is 14.5 Å². The summed E-state index contributed by atoms with van der Waals surface area (Å²) in [5.74, 6) is 2.10. The number of hydrogen-bond donors (Lipinski definition) is 0. The predicted molar refractivity (Wildman–Crippen MR) is 277 cm³/mol. The number of fused-ring (bicyclic) bond motifs is 18. The van der Waals surface area contributed by atoms with E-state index in [-0.39, 0.29) is 0 Å². The second-order valence-corrected chi connectivity index (χ2v) is 20.1. The number of hydrogen-bond acceptors (Lipinski definition) is 4. The normalized spacial score (nSPS) is 15.6. The lowest BCUT2D eigenvalue weighted by Gasteiger charge is -2.16. The zero-order valence-corrected chi connectivity index (χ0v) is 36.8. The van der Waals surface area contributed by atoms with E-state index in [1.165, 1.54) is 107 Å². The van der Waals surface area contributed by atoms with Crippen molar-refractivity contribution in [3.05, 3.63) is 205 Å². The van der Waals surface area contributed by atoms with Crippen LogP contribution in [0.2, 0.25) is 0 Å². The van der Waals surface area contributed by atoms with Crippen molar-refractivity contribution in [3.63, 3.8) is 0 Å². The van der Waals surface area contributed by atoms with Crippen LogP contribution in [0, 0.1) is 5.92 Å². The van der Waals surface area contributed by atoms with E-state index in [0.29, 0.717) is 18.3 Å². The molecule has 13 aromatic rings. The number of thiophene rings is 2. The molecular formula is C60H37N3S2. The van der Waals surface area contributed by atoms with Gasteiger partial charge in [-0.25, -0.2) is 9.97 Å². The maximum Gasteiger partial charge on any atom is 0.134 e. The highest BCUT2D eigenvalue weighted by Gasteiger charge is 2.42. The molecule has 0 radical (unpaired) electrons. The first-order valence-corrected chi connectivity index (χ1v) is 24.2. The van der Waals surface area contributed by atoms with Crippen LogP contribution in [0.25, 0.3) is 118 Å². The molecule has 0 aliphatic heterocycles. The van der Waals surface area contributed by atoms with E-state index in [2.05, 4.69) is 193 Å². The summed E-state index contributed by atoms with van der Waals surface area (Å²) in [4.78, 5) is 10.7.